The summed E-state index contributed by atoms with van der Waals surface area (Å²) in [6.07, 6.45) is -4.30. The van der Waals surface area contributed by atoms with E-state index in [1.807, 2.05) is 17.5 Å². The van der Waals surface area contributed by atoms with Crippen molar-refractivity contribution < 1.29 is 13.2 Å². The molecule has 0 spiro atoms. The molecule has 1 aromatic heterocycles. The van der Waals surface area contributed by atoms with Gasteiger partial charge in [-0.2, -0.15) is 13.2 Å². The van der Waals surface area contributed by atoms with E-state index in [-0.39, 0.29) is 0 Å². The molecule has 0 aliphatic rings. The van der Waals surface area contributed by atoms with Crippen molar-refractivity contribution >= 4 is 17.0 Å². The van der Waals surface area contributed by atoms with Crippen LogP contribution in [0.1, 0.15) is 10.4 Å². The largest absolute Gasteiger partial charge is 0.416 e. The van der Waals surface area contributed by atoms with Crippen molar-refractivity contribution in [1.82, 2.24) is 5.32 Å². The van der Waals surface area contributed by atoms with E-state index in [0.29, 0.717) is 18.8 Å². The number of alkyl halides is 3. The van der Waals surface area contributed by atoms with Crippen LogP contribution < -0.4 is 10.6 Å². The number of rotatable bonds is 6. The maximum Gasteiger partial charge on any atom is 0.416 e. The molecule has 0 saturated heterocycles. The van der Waals surface area contributed by atoms with E-state index in [1.165, 1.54) is 10.9 Å². The van der Waals surface area contributed by atoms with E-state index in [0.717, 1.165) is 18.7 Å². The van der Waals surface area contributed by atoms with Crippen molar-refractivity contribution in [1.29, 1.82) is 0 Å². The smallest absolute Gasteiger partial charge is 0.384 e. The monoisotopic (exact) mass is 300 g/mol. The third kappa shape index (κ3) is 4.54. The summed E-state index contributed by atoms with van der Waals surface area (Å²) >= 11 is 1.67. The number of halogens is 3. The molecule has 2 aromatic rings. The zero-order valence-electron chi connectivity index (χ0n) is 10.7. The van der Waals surface area contributed by atoms with Gasteiger partial charge in [0, 0.05) is 30.2 Å². The zero-order valence-corrected chi connectivity index (χ0v) is 11.5. The topological polar surface area (TPSA) is 24.1 Å². The second kappa shape index (κ2) is 6.76. The van der Waals surface area contributed by atoms with Crippen molar-refractivity contribution in [3.8, 4) is 0 Å². The van der Waals surface area contributed by atoms with Crippen LogP contribution in [0.5, 0.6) is 0 Å². The molecule has 0 aliphatic carbocycles. The molecule has 0 amide bonds. The standard InChI is InChI=1S/C14H15F3N2S/c15-14(16,17)11-3-1-4-12(9-11)19-7-6-18-10-13-5-2-8-20-13/h1-5,8-9,18-19H,6-7,10H2. The van der Waals surface area contributed by atoms with Gasteiger partial charge in [-0.15, -0.1) is 11.3 Å². The number of benzene rings is 1. The van der Waals surface area contributed by atoms with E-state index in [9.17, 15) is 13.2 Å². The van der Waals surface area contributed by atoms with Gasteiger partial charge in [-0.1, -0.05) is 12.1 Å². The quantitative estimate of drug-likeness (QED) is 0.789. The molecule has 2 nitrogen and oxygen atoms in total. The van der Waals surface area contributed by atoms with Crippen LogP contribution in [0, 0.1) is 0 Å². The summed E-state index contributed by atoms with van der Waals surface area (Å²) in [5.74, 6) is 0. The number of anilines is 1. The Hall–Kier alpha value is -1.53. The van der Waals surface area contributed by atoms with Crippen LogP contribution in [0.3, 0.4) is 0 Å². The lowest BCUT2D eigenvalue weighted by atomic mass is 10.2. The maximum atomic E-state index is 12.5. The molecule has 0 saturated carbocycles. The molecule has 20 heavy (non-hydrogen) atoms. The first-order valence-corrected chi connectivity index (χ1v) is 7.08. The van der Waals surface area contributed by atoms with Crippen LogP contribution >= 0.6 is 11.3 Å². The molecule has 0 radical (unpaired) electrons. The van der Waals surface area contributed by atoms with E-state index in [4.69, 9.17) is 0 Å². The lowest BCUT2D eigenvalue weighted by Crippen LogP contribution is -2.21. The predicted molar refractivity (Wildman–Crippen MR) is 76.0 cm³/mol. The minimum absolute atomic E-state index is 0.484. The number of thiophene rings is 1. The SMILES string of the molecule is FC(F)(F)c1cccc(NCCNCc2cccs2)c1. The van der Waals surface area contributed by atoms with E-state index in [2.05, 4.69) is 10.6 Å². The Balaban J connectivity index is 1.74. The second-order valence-corrected chi connectivity index (χ2v) is 5.29. The molecule has 0 atom stereocenters. The molecule has 2 rings (SSSR count). The van der Waals surface area contributed by atoms with Crippen LogP contribution in [0.4, 0.5) is 18.9 Å². The van der Waals surface area contributed by atoms with Gasteiger partial charge < -0.3 is 10.6 Å². The van der Waals surface area contributed by atoms with Crippen molar-refractivity contribution in [2.24, 2.45) is 0 Å². The summed E-state index contributed by atoms with van der Waals surface area (Å²) < 4.78 is 37.6. The first-order chi connectivity index (χ1) is 9.55. The molecule has 6 heteroatoms. The van der Waals surface area contributed by atoms with Crippen LogP contribution in [0.25, 0.3) is 0 Å². The van der Waals surface area contributed by atoms with Crippen molar-refractivity contribution in [2.45, 2.75) is 12.7 Å². The van der Waals surface area contributed by atoms with Gasteiger partial charge in [0.25, 0.3) is 0 Å². The fourth-order valence-corrected chi connectivity index (χ4v) is 2.40. The first-order valence-electron chi connectivity index (χ1n) is 6.20. The molecule has 0 bridgehead atoms. The van der Waals surface area contributed by atoms with Crippen molar-refractivity contribution in [3.05, 3.63) is 52.2 Å². The molecule has 0 fully saturated rings. The van der Waals surface area contributed by atoms with Crippen LogP contribution in [-0.4, -0.2) is 13.1 Å². The summed E-state index contributed by atoms with van der Waals surface area (Å²) in [7, 11) is 0. The normalized spacial score (nSPS) is 11.6. The van der Waals surface area contributed by atoms with Gasteiger partial charge in [0.1, 0.15) is 0 Å². The highest BCUT2D eigenvalue weighted by atomic mass is 32.1. The van der Waals surface area contributed by atoms with Gasteiger partial charge in [-0.3, -0.25) is 0 Å². The van der Waals surface area contributed by atoms with E-state index in [1.54, 1.807) is 17.4 Å². The van der Waals surface area contributed by atoms with E-state index < -0.39 is 11.7 Å². The van der Waals surface area contributed by atoms with Crippen LogP contribution in [-0.2, 0) is 12.7 Å². The lowest BCUT2D eigenvalue weighted by Gasteiger charge is -2.10. The Morgan fingerprint density at radius 1 is 1.05 bits per heavy atom. The highest BCUT2D eigenvalue weighted by Gasteiger charge is 2.30. The molecule has 2 N–H and O–H groups in total. The van der Waals surface area contributed by atoms with Gasteiger partial charge >= 0.3 is 6.18 Å². The average molecular weight is 300 g/mol. The average Bonchev–Trinajstić information content (AvgIpc) is 2.91. The van der Waals surface area contributed by atoms with Gasteiger partial charge in [0.15, 0.2) is 0 Å². The van der Waals surface area contributed by atoms with Gasteiger partial charge in [-0.25, -0.2) is 0 Å². The van der Waals surface area contributed by atoms with Gasteiger partial charge in [0.2, 0.25) is 0 Å². The van der Waals surface area contributed by atoms with E-state index >= 15 is 0 Å². The number of hydrogen-bond acceptors (Lipinski definition) is 3. The highest BCUT2D eigenvalue weighted by molar-refractivity contribution is 7.09. The number of hydrogen-bond donors (Lipinski definition) is 2. The minimum Gasteiger partial charge on any atom is -0.384 e. The van der Waals surface area contributed by atoms with Crippen LogP contribution in [0.2, 0.25) is 0 Å². The Labute approximate surface area is 119 Å². The summed E-state index contributed by atoms with van der Waals surface area (Å²) in [5.41, 5.74) is -0.146. The summed E-state index contributed by atoms with van der Waals surface area (Å²) in [6, 6.07) is 9.26. The maximum absolute atomic E-state index is 12.5. The number of nitrogens with one attached hydrogen (secondary N) is 2. The highest BCUT2D eigenvalue weighted by Crippen LogP contribution is 2.30. The third-order valence-electron chi connectivity index (χ3n) is 2.70. The Kier molecular flexibility index (Phi) is 5.03. The molecule has 0 aliphatic heterocycles. The zero-order chi connectivity index (χ0) is 14.4. The molecule has 1 aromatic carbocycles. The molecule has 108 valence electrons. The predicted octanol–water partition coefficient (Wildman–Crippen LogP) is 3.97. The Morgan fingerprint density at radius 3 is 2.60 bits per heavy atom. The third-order valence-corrected chi connectivity index (χ3v) is 3.58. The first kappa shape index (κ1) is 14.9. The molecular weight excluding hydrogens is 285 g/mol. The van der Waals surface area contributed by atoms with Crippen LogP contribution in [0.15, 0.2) is 41.8 Å². The Morgan fingerprint density at radius 2 is 1.90 bits per heavy atom. The fourth-order valence-electron chi connectivity index (χ4n) is 1.73. The summed E-state index contributed by atoms with van der Waals surface area (Å²) in [6.45, 7) is 2.04. The Bertz CT molecular complexity index is 523. The molecule has 1 heterocycles. The molecule has 0 unspecified atom stereocenters. The summed E-state index contributed by atoms with van der Waals surface area (Å²) in [5, 5.41) is 8.22. The van der Waals surface area contributed by atoms with Crippen molar-refractivity contribution in [2.75, 3.05) is 18.4 Å². The lowest BCUT2D eigenvalue weighted by molar-refractivity contribution is -0.137. The minimum atomic E-state index is -4.30. The van der Waals surface area contributed by atoms with Gasteiger partial charge in [-0.05, 0) is 29.6 Å². The van der Waals surface area contributed by atoms with Crippen molar-refractivity contribution in [3.63, 3.8) is 0 Å². The second-order valence-electron chi connectivity index (χ2n) is 4.26. The fraction of sp³-hybridized carbons (Fsp3) is 0.286. The summed E-state index contributed by atoms with van der Waals surface area (Å²) in [4.78, 5) is 1.24. The van der Waals surface area contributed by atoms with Gasteiger partial charge in [0.05, 0.1) is 5.56 Å². The molecular formula is C14H15F3N2S.